The van der Waals surface area contributed by atoms with Crippen LogP contribution in [0.15, 0.2) is 60.0 Å². The van der Waals surface area contributed by atoms with Gasteiger partial charge in [0.2, 0.25) is 0 Å². The number of hydrogen-bond acceptors (Lipinski definition) is 5. The van der Waals surface area contributed by atoms with E-state index in [1.54, 1.807) is 24.3 Å². The number of benzene rings is 2. The van der Waals surface area contributed by atoms with Gasteiger partial charge in [-0.2, -0.15) is 0 Å². The Morgan fingerprint density at radius 2 is 1.94 bits per heavy atom. The molecule has 31 heavy (non-hydrogen) atoms. The van der Waals surface area contributed by atoms with Crippen LogP contribution in [-0.4, -0.2) is 42.7 Å². The normalized spacial score (nSPS) is 16.3. The van der Waals surface area contributed by atoms with E-state index in [-0.39, 0.29) is 17.5 Å². The highest BCUT2D eigenvalue weighted by atomic mass is 32.1. The van der Waals surface area contributed by atoms with Gasteiger partial charge in [0.25, 0.3) is 5.91 Å². The SMILES string of the molecule is Cc1cccc(N2CCN(c3ccc(NC(=O)c4cccs4)cc3C(=O)O)C[C@@H]2C)c1. The minimum atomic E-state index is -1.00. The molecule has 2 aromatic carbocycles. The fourth-order valence-corrected chi connectivity index (χ4v) is 4.65. The Kier molecular flexibility index (Phi) is 5.95. The van der Waals surface area contributed by atoms with Gasteiger partial charge < -0.3 is 20.2 Å². The van der Waals surface area contributed by atoms with Crippen molar-refractivity contribution in [3.8, 4) is 0 Å². The van der Waals surface area contributed by atoms with E-state index in [4.69, 9.17) is 0 Å². The van der Waals surface area contributed by atoms with Crippen molar-refractivity contribution in [2.75, 3.05) is 34.8 Å². The van der Waals surface area contributed by atoms with Crippen LogP contribution < -0.4 is 15.1 Å². The van der Waals surface area contributed by atoms with Crippen molar-refractivity contribution in [3.63, 3.8) is 0 Å². The van der Waals surface area contributed by atoms with Gasteiger partial charge in [-0.3, -0.25) is 4.79 Å². The second-order valence-corrected chi connectivity index (χ2v) is 8.74. The molecule has 0 aliphatic carbocycles. The van der Waals surface area contributed by atoms with Crippen LogP contribution in [0.25, 0.3) is 0 Å². The fourth-order valence-electron chi connectivity index (χ4n) is 4.03. The molecule has 0 spiro atoms. The lowest BCUT2D eigenvalue weighted by Crippen LogP contribution is -2.52. The molecule has 0 unspecified atom stereocenters. The second kappa shape index (κ2) is 8.81. The lowest BCUT2D eigenvalue weighted by molar-refractivity contribution is 0.0697. The number of nitrogens with zero attached hydrogens (tertiary/aromatic N) is 2. The molecule has 3 aromatic rings. The van der Waals surface area contributed by atoms with E-state index in [2.05, 4.69) is 53.2 Å². The average molecular weight is 436 g/mol. The highest BCUT2D eigenvalue weighted by molar-refractivity contribution is 7.12. The number of thiophene rings is 1. The van der Waals surface area contributed by atoms with Gasteiger partial charge in [0.05, 0.1) is 16.1 Å². The summed E-state index contributed by atoms with van der Waals surface area (Å²) in [4.78, 5) is 29.4. The van der Waals surface area contributed by atoms with Crippen LogP contribution in [0.3, 0.4) is 0 Å². The summed E-state index contributed by atoms with van der Waals surface area (Å²) in [6, 6.07) is 17.3. The van der Waals surface area contributed by atoms with Gasteiger partial charge in [-0.25, -0.2) is 4.79 Å². The molecule has 6 nitrogen and oxygen atoms in total. The number of aryl methyl sites for hydroxylation is 1. The van der Waals surface area contributed by atoms with Crippen molar-refractivity contribution < 1.29 is 14.7 Å². The van der Waals surface area contributed by atoms with Crippen LogP contribution in [0, 0.1) is 6.92 Å². The maximum Gasteiger partial charge on any atom is 0.337 e. The Hall–Kier alpha value is -3.32. The molecule has 7 heteroatoms. The highest BCUT2D eigenvalue weighted by Gasteiger charge is 2.27. The highest BCUT2D eigenvalue weighted by Crippen LogP contribution is 2.29. The topological polar surface area (TPSA) is 72.9 Å². The van der Waals surface area contributed by atoms with E-state index in [0.29, 0.717) is 16.3 Å². The quantitative estimate of drug-likeness (QED) is 0.607. The number of piperazine rings is 1. The van der Waals surface area contributed by atoms with Gasteiger partial charge in [0.15, 0.2) is 0 Å². The minimum Gasteiger partial charge on any atom is -0.478 e. The molecule has 2 heterocycles. The Morgan fingerprint density at radius 3 is 2.61 bits per heavy atom. The molecule has 0 saturated carbocycles. The minimum absolute atomic E-state index is 0.195. The zero-order chi connectivity index (χ0) is 22.0. The van der Waals surface area contributed by atoms with Gasteiger partial charge in [0, 0.05) is 37.1 Å². The van der Waals surface area contributed by atoms with Crippen molar-refractivity contribution >= 4 is 40.3 Å². The molecular formula is C24H25N3O3S. The van der Waals surface area contributed by atoms with Crippen LogP contribution in [-0.2, 0) is 0 Å². The van der Waals surface area contributed by atoms with Gasteiger partial charge >= 0.3 is 5.97 Å². The maximum atomic E-state index is 12.3. The number of hydrogen-bond donors (Lipinski definition) is 2. The first kappa shape index (κ1) is 20.9. The average Bonchev–Trinajstić information content (AvgIpc) is 3.29. The van der Waals surface area contributed by atoms with Crippen LogP contribution in [0.1, 0.15) is 32.5 Å². The van der Waals surface area contributed by atoms with Crippen LogP contribution in [0.5, 0.6) is 0 Å². The molecule has 2 N–H and O–H groups in total. The summed E-state index contributed by atoms with van der Waals surface area (Å²) in [5.41, 5.74) is 3.77. The summed E-state index contributed by atoms with van der Waals surface area (Å²) in [7, 11) is 0. The van der Waals surface area contributed by atoms with Crippen molar-refractivity contribution in [3.05, 3.63) is 76.0 Å². The molecule has 1 saturated heterocycles. The number of carbonyl (C=O) groups is 2. The molecule has 1 fully saturated rings. The molecule has 1 aliphatic rings. The summed E-state index contributed by atoms with van der Waals surface area (Å²) >= 11 is 1.34. The summed E-state index contributed by atoms with van der Waals surface area (Å²) in [6.45, 7) is 6.49. The van der Waals surface area contributed by atoms with Crippen LogP contribution in [0.4, 0.5) is 17.1 Å². The van der Waals surface area contributed by atoms with Gasteiger partial charge in [0.1, 0.15) is 0 Å². The predicted molar refractivity (Wildman–Crippen MR) is 126 cm³/mol. The predicted octanol–water partition coefficient (Wildman–Crippen LogP) is 4.72. The standard InChI is InChI=1S/C24H25N3O3S/c1-16-5-3-6-19(13-16)27-11-10-26(15-17(27)2)21-9-8-18(14-20(21)24(29)30)25-23(28)22-7-4-12-31-22/h3-9,12-14,17H,10-11,15H2,1-2H3,(H,25,28)(H,29,30)/t17-/m0/s1. The number of anilines is 3. The van der Waals surface area contributed by atoms with E-state index in [9.17, 15) is 14.7 Å². The van der Waals surface area contributed by atoms with Crippen molar-refractivity contribution in [2.45, 2.75) is 19.9 Å². The molecule has 4 rings (SSSR count). The van der Waals surface area contributed by atoms with E-state index in [0.717, 1.165) is 19.6 Å². The molecular weight excluding hydrogens is 410 g/mol. The van der Waals surface area contributed by atoms with Gasteiger partial charge in [-0.15, -0.1) is 11.3 Å². The largest absolute Gasteiger partial charge is 0.478 e. The maximum absolute atomic E-state index is 12.3. The van der Waals surface area contributed by atoms with E-state index in [1.807, 2.05) is 11.4 Å². The number of carboxylic acids is 1. The van der Waals surface area contributed by atoms with E-state index >= 15 is 0 Å². The number of nitrogens with one attached hydrogen (secondary N) is 1. The number of rotatable bonds is 5. The lowest BCUT2D eigenvalue weighted by Gasteiger charge is -2.42. The molecule has 1 atom stereocenters. The van der Waals surface area contributed by atoms with E-state index in [1.165, 1.54) is 22.6 Å². The van der Waals surface area contributed by atoms with Gasteiger partial charge in [-0.1, -0.05) is 18.2 Å². The Morgan fingerprint density at radius 1 is 1.10 bits per heavy atom. The van der Waals surface area contributed by atoms with Crippen LogP contribution in [0.2, 0.25) is 0 Å². The number of aromatic carboxylic acids is 1. The third-order valence-corrected chi connectivity index (χ3v) is 6.40. The lowest BCUT2D eigenvalue weighted by atomic mass is 10.1. The third kappa shape index (κ3) is 4.56. The third-order valence-electron chi connectivity index (χ3n) is 5.53. The smallest absolute Gasteiger partial charge is 0.337 e. The zero-order valence-electron chi connectivity index (χ0n) is 17.5. The Labute approximate surface area is 185 Å². The van der Waals surface area contributed by atoms with Crippen LogP contribution >= 0.6 is 11.3 Å². The van der Waals surface area contributed by atoms with Gasteiger partial charge in [-0.05, 0) is 61.2 Å². The molecule has 1 aliphatic heterocycles. The Bertz CT molecular complexity index is 1100. The number of carbonyl (C=O) groups excluding carboxylic acids is 1. The van der Waals surface area contributed by atoms with Crippen molar-refractivity contribution in [1.82, 2.24) is 0 Å². The van der Waals surface area contributed by atoms with E-state index < -0.39 is 5.97 Å². The molecule has 1 amide bonds. The zero-order valence-corrected chi connectivity index (χ0v) is 18.4. The summed E-state index contributed by atoms with van der Waals surface area (Å²) in [5.74, 6) is -1.24. The summed E-state index contributed by atoms with van der Waals surface area (Å²) < 4.78 is 0. The molecule has 0 bridgehead atoms. The molecule has 0 radical (unpaired) electrons. The van der Waals surface area contributed by atoms with Crippen molar-refractivity contribution in [2.24, 2.45) is 0 Å². The fraction of sp³-hybridized carbons (Fsp3) is 0.250. The summed E-state index contributed by atoms with van der Waals surface area (Å²) in [5, 5.41) is 14.4. The first-order valence-corrected chi connectivity index (χ1v) is 11.1. The first-order valence-electron chi connectivity index (χ1n) is 10.2. The van der Waals surface area contributed by atoms with Crippen molar-refractivity contribution in [1.29, 1.82) is 0 Å². The second-order valence-electron chi connectivity index (χ2n) is 7.80. The number of carboxylic acid groups (broad SMARTS) is 1. The summed E-state index contributed by atoms with van der Waals surface area (Å²) in [6.07, 6.45) is 0. The monoisotopic (exact) mass is 435 g/mol. The Balaban J connectivity index is 1.52. The number of amides is 1. The molecule has 1 aromatic heterocycles. The first-order chi connectivity index (χ1) is 14.9. The molecule has 160 valence electrons.